The molecule has 1 aromatic heterocycles. The highest BCUT2D eigenvalue weighted by atomic mass is 79.9. The van der Waals surface area contributed by atoms with Gasteiger partial charge in [-0.3, -0.25) is 4.79 Å². The quantitative estimate of drug-likeness (QED) is 0.776. The summed E-state index contributed by atoms with van der Waals surface area (Å²) in [5.41, 5.74) is 1.43. The van der Waals surface area contributed by atoms with Crippen LogP contribution in [0.4, 0.5) is 0 Å². The van der Waals surface area contributed by atoms with E-state index in [9.17, 15) is 4.79 Å². The average molecular weight is 358 g/mol. The fourth-order valence-electron chi connectivity index (χ4n) is 1.93. The Kier molecular flexibility index (Phi) is 4.29. The minimum absolute atomic E-state index is 0.181. The third kappa shape index (κ3) is 3.23. The lowest BCUT2D eigenvalue weighted by atomic mass is 10.2. The zero-order chi connectivity index (χ0) is 15.4. The van der Waals surface area contributed by atoms with Crippen LogP contribution in [-0.4, -0.2) is 16.0 Å². The number of rotatable bonds is 4. The molecule has 2 aromatic carbocycles. The van der Waals surface area contributed by atoms with E-state index in [4.69, 9.17) is 4.52 Å². The van der Waals surface area contributed by atoms with Crippen molar-refractivity contribution in [1.82, 2.24) is 15.5 Å². The topological polar surface area (TPSA) is 68.0 Å². The summed E-state index contributed by atoms with van der Waals surface area (Å²) in [7, 11) is 0. The maximum atomic E-state index is 12.1. The second-order valence-electron chi connectivity index (χ2n) is 4.54. The van der Waals surface area contributed by atoms with Crippen molar-refractivity contribution in [2.75, 3.05) is 0 Å². The molecular weight excluding hydrogens is 346 g/mol. The number of halogens is 1. The molecule has 0 aliphatic rings. The molecule has 1 heterocycles. The molecule has 110 valence electrons. The van der Waals surface area contributed by atoms with E-state index in [1.165, 1.54) is 0 Å². The molecule has 0 bridgehead atoms. The van der Waals surface area contributed by atoms with Gasteiger partial charge in [0, 0.05) is 10.0 Å². The van der Waals surface area contributed by atoms with Crippen molar-refractivity contribution in [3.63, 3.8) is 0 Å². The first-order valence-electron chi connectivity index (χ1n) is 6.65. The maximum absolute atomic E-state index is 12.1. The van der Waals surface area contributed by atoms with Gasteiger partial charge >= 0.3 is 0 Å². The Morgan fingerprint density at radius 3 is 2.59 bits per heavy atom. The average Bonchev–Trinajstić information content (AvgIpc) is 3.03. The summed E-state index contributed by atoms with van der Waals surface area (Å²) in [4.78, 5) is 16.3. The number of hydrogen-bond donors (Lipinski definition) is 1. The summed E-state index contributed by atoms with van der Waals surface area (Å²) in [6, 6.07) is 16.7. The zero-order valence-electron chi connectivity index (χ0n) is 11.5. The van der Waals surface area contributed by atoms with Crippen LogP contribution < -0.4 is 5.32 Å². The molecule has 3 rings (SSSR count). The Morgan fingerprint density at radius 2 is 1.82 bits per heavy atom. The van der Waals surface area contributed by atoms with Gasteiger partial charge in [0.2, 0.25) is 11.7 Å². The minimum atomic E-state index is -0.202. The van der Waals surface area contributed by atoms with Gasteiger partial charge in [-0.25, -0.2) is 0 Å². The molecule has 1 N–H and O–H groups in total. The van der Waals surface area contributed by atoms with Crippen LogP contribution in [0, 0.1) is 0 Å². The number of carbonyl (C=O) groups excluding carboxylic acids is 1. The van der Waals surface area contributed by atoms with Gasteiger partial charge in [0.1, 0.15) is 0 Å². The highest BCUT2D eigenvalue weighted by Crippen LogP contribution is 2.16. The summed E-state index contributed by atoms with van der Waals surface area (Å²) in [5, 5.41) is 6.66. The lowest BCUT2D eigenvalue weighted by molar-refractivity contribution is 0.0945. The second kappa shape index (κ2) is 6.53. The fraction of sp³-hybridized carbons (Fsp3) is 0.0625. The van der Waals surface area contributed by atoms with Crippen LogP contribution in [0.1, 0.15) is 16.2 Å². The number of nitrogens with zero attached hydrogens (tertiary/aromatic N) is 2. The Hall–Kier alpha value is -2.47. The maximum Gasteiger partial charge on any atom is 0.252 e. The van der Waals surface area contributed by atoms with E-state index in [1.807, 2.05) is 42.5 Å². The van der Waals surface area contributed by atoms with Crippen LogP contribution in [0.2, 0.25) is 0 Å². The Labute approximate surface area is 135 Å². The van der Waals surface area contributed by atoms with E-state index in [0.717, 1.165) is 10.0 Å². The van der Waals surface area contributed by atoms with Gasteiger partial charge in [0.25, 0.3) is 5.91 Å². The molecule has 0 saturated heterocycles. The van der Waals surface area contributed by atoms with Crippen molar-refractivity contribution in [3.8, 4) is 11.4 Å². The third-order valence-electron chi connectivity index (χ3n) is 3.02. The van der Waals surface area contributed by atoms with Gasteiger partial charge in [-0.1, -0.05) is 47.6 Å². The first kappa shape index (κ1) is 14.5. The lowest BCUT2D eigenvalue weighted by Gasteiger charge is -2.03. The number of carbonyl (C=O) groups is 1. The van der Waals surface area contributed by atoms with Crippen LogP contribution in [-0.2, 0) is 6.54 Å². The number of benzene rings is 2. The van der Waals surface area contributed by atoms with Gasteiger partial charge in [0.15, 0.2) is 0 Å². The van der Waals surface area contributed by atoms with Gasteiger partial charge in [-0.05, 0) is 28.1 Å². The van der Waals surface area contributed by atoms with E-state index in [-0.39, 0.29) is 12.5 Å². The number of aromatic nitrogens is 2. The van der Waals surface area contributed by atoms with Gasteiger partial charge in [0.05, 0.1) is 12.1 Å². The molecule has 0 unspecified atom stereocenters. The predicted molar refractivity (Wildman–Crippen MR) is 85.0 cm³/mol. The fourth-order valence-corrected chi connectivity index (χ4v) is 2.39. The molecule has 0 radical (unpaired) electrons. The molecule has 0 spiro atoms. The van der Waals surface area contributed by atoms with Crippen molar-refractivity contribution < 1.29 is 9.32 Å². The molecule has 1 amide bonds. The van der Waals surface area contributed by atoms with Crippen LogP contribution in [0.25, 0.3) is 11.4 Å². The molecule has 0 aliphatic heterocycles. The normalized spacial score (nSPS) is 10.4. The number of amides is 1. The summed E-state index contributed by atoms with van der Waals surface area (Å²) in [6.45, 7) is 0.181. The Bertz CT molecular complexity index is 787. The second-order valence-corrected chi connectivity index (χ2v) is 5.39. The highest BCUT2D eigenvalue weighted by molar-refractivity contribution is 9.10. The van der Waals surface area contributed by atoms with Gasteiger partial charge < -0.3 is 9.84 Å². The standard InChI is InChI=1S/C16H12BrN3O2/c17-13-9-5-4-8-12(13)16(21)18-10-14-19-15(20-22-14)11-6-2-1-3-7-11/h1-9H,10H2,(H,18,21). The van der Waals surface area contributed by atoms with E-state index in [2.05, 4.69) is 31.4 Å². The first-order chi connectivity index (χ1) is 10.7. The molecular formula is C16H12BrN3O2. The van der Waals surface area contributed by atoms with Crippen molar-refractivity contribution in [2.24, 2.45) is 0 Å². The minimum Gasteiger partial charge on any atom is -0.343 e. The third-order valence-corrected chi connectivity index (χ3v) is 3.71. The summed E-state index contributed by atoms with van der Waals surface area (Å²) < 4.78 is 5.89. The highest BCUT2D eigenvalue weighted by Gasteiger charge is 2.12. The van der Waals surface area contributed by atoms with Crippen molar-refractivity contribution in [3.05, 3.63) is 70.5 Å². The summed E-state index contributed by atoms with van der Waals surface area (Å²) in [5.74, 6) is 0.664. The van der Waals surface area contributed by atoms with E-state index < -0.39 is 0 Å². The predicted octanol–water partition coefficient (Wildman–Crippen LogP) is 3.43. The molecule has 5 nitrogen and oxygen atoms in total. The van der Waals surface area contributed by atoms with E-state index in [0.29, 0.717) is 17.3 Å². The summed E-state index contributed by atoms with van der Waals surface area (Å²) in [6.07, 6.45) is 0. The van der Waals surface area contributed by atoms with Gasteiger partial charge in [-0.15, -0.1) is 0 Å². The Morgan fingerprint density at radius 1 is 1.09 bits per heavy atom. The molecule has 3 aromatic rings. The largest absolute Gasteiger partial charge is 0.343 e. The SMILES string of the molecule is O=C(NCc1nc(-c2ccccc2)no1)c1ccccc1Br. The lowest BCUT2D eigenvalue weighted by Crippen LogP contribution is -2.23. The number of nitrogens with one attached hydrogen (secondary N) is 1. The molecule has 0 saturated carbocycles. The molecule has 6 heteroatoms. The number of hydrogen-bond acceptors (Lipinski definition) is 4. The van der Waals surface area contributed by atoms with Crippen molar-refractivity contribution in [1.29, 1.82) is 0 Å². The van der Waals surface area contributed by atoms with Crippen LogP contribution >= 0.6 is 15.9 Å². The Balaban J connectivity index is 1.67. The molecule has 22 heavy (non-hydrogen) atoms. The van der Waals surface area contributed by atoms with Crippen molar-refractivity contribution >= 4 is 21.8 Å². The van der Waals surface area contributed by atoms with Crippen LogP contribution in [0.15, 0.2) is 63.6 Å². The van der Waals surface area contributed by atoms with E-state index >= 15 is 0 Å². The van der Waals surface area contributed by atoms with Crippen LogP contribution in [0.5, 0.6) is 0 Å². The molecule has 0 aliphatic carbocycles. The van der Waals surface area contributed by atoms with Gasteiger partial charge in [-0.2, -0.15) is 4.98 Å². The zero-order valence-corrected chi connectivity index (χ0v) is 13.1. The van der Waals surface area contributed by atoms with Crippen LogP contribution in [0.3, 0.4) is 0 Å². The monoisotopic (exact) mass is 357 g/mol. The molecule has 0 fully saturated rings. The smallest absolute Gasteiger partial charge is 0.252 e. The molecule has 0 atom stereocenters. The summed E-state index contributed by atoms with van der Waals surface area (Å²) >= 11 is 3.35. The van der Waals surface area contributed by atoms with Crippen molar-refractivity contribution in [2.45, 2.75) is 6.54 Å². The van der Waals surface area contributed by atoms with E-state index in [1.54, 1.807) is 12.1 Å². The first-order valence-corrected chi connectivity index (χ1v) is 7.44.